The highest BCUT2D eigenvalue weighted by Gasteiger charge is 2.19. The third-order valence-electron chi connectivity index (χ3n) is 2.55. The lowest BCUT2D eigenvalue weighted by molar-refractivity contribution is -0.123. The summed E-state index contributed by atoms with van der Waals surface area (Å²) in [6.07, 6.45) is 1.59. The molecule has 1 unspecified atom stereocenters. The Labute approximate surface area is 107 Å². The van der Waals surface area contributed by atoms with Crippen molar-refractivity contribution in [1.82, 2.24) is 5.32 Å². The Bertz CT molecular complexity index is 378. The van der Waals surface area contributed by atoms with Gasteiger partial charge in [-0.1, -0.05) is 55.9 Å². The predicted molar refractivity (Wildman–Crippen MR) is 73.5 cm³/mol. The molecule has 1 atom stereocenters. The van der Waals surface area contributed by atoms with Gasteiger partial charge in [-0.25, -0.2) is 0 Å². The minimum atomic E-state index is -0.348. The van der Waals surface area contributed by atoms with Gasteiger partial charge >= 0.3 is 0 Å². The molecule has 3 N–H and O–H groups in total. The molecule has 0 aliphatic heterocycles. The monoisotopic (exact) mass is 250 g/mol. The van der Waals surface area contributed by atoms with E-state index >= 15 is 0 Å². The van der Waals surface area contributed by atoms with Crippen LogP contribution in [0.1, 0.15) is 25.3 Å². The lowest BCUT2D eigenvalue weighted by Crippen LogP contribution is -2.37. The Morgan fingerprint density at radius 1 is 1.41 bits per heavy atom. The summed E-state index contributed by atoms with van der Waals surface area (Å²) in [5.41, 5.74) is 6.63. The van der Waals surface area contributed by atoms with Gasteiger partial charge in [-0.3, -0.25) is 4.79 Å². The summed E-state index contributed by atoms with van der Waals surface area (Å²) >= 11 is 4.91. The van der Waals surface area contributed by atoms with Gasteiger partial charge in [0.15, 0.2) is 0 Å². The van der Waals surface area contributed by atoms with Gasteiger partial charge in [-0.15, -0.1) is 0 Å². The van der Waals surface area contributed by atoms with E-state index in [0.29, 0.717) is 13.0 Å². The first kappa shape index (κ1) is 13.6. The zero-order valence-corrected chi connectivity index (χ0v) is 10.8. The van der Waals surface area contributed by atoms with Gasteiger partial charge < -0.3 is 11.1 Å². The molecule has 0 spiro atoms. The van der Waals surface area contributed by atoms with Crippen molar-refractivity contribution in [2.45, 2.75) is 26.3 Å². The summed E-state index contributed by atoms with van der Waals surface area (Å²) in [6.45, 7) is 2.53. The number of carbonyl (C=O) groups is 1. The van der Waals surface area contributed by atoms with Gasteiger partial charge in [0.05, 0.1) is 10.9 Å². The van der Waals surface area contributed by atoms with Crippen molar-refractivity contribution in [3.63, 3.8) is 0 Å². The summed E-state index contributed by atoms with van der Waals surface area (Å²) in [6, 6.07) is 9.77. The second kappa shape index (κ2) is 7.01. The standard InChI is InChI=1S/C13H18N2OS/c1-2-6-11(12(14)17)13(16)15-9-10-7-4-3-5-8-10/h3-5,7-8,11H,2,6,9H2,1H3,(H2,14,17)(H,15,16). The maximum Gasteiger partial charge on any atom is 0.230 e. The molecular weight excluding hydrogens is 232 g/mol. The molecule has 0 bridgehead atoms. The third-order valence-corrected chi connectivity index (χ3v) is 2.83. The fraction of sp³-hybridized carbons (Fsp3) is 0.385. The topological polar surface area (TPSA) is 55.1 Å². The predicted octanol–water partition coefficient (Wildman–Crippen LogP) is 2.01. The number of hydrogen-bond acceptors (Lipinski definition) is 2. The highest BCUT2D eigenvalue weighted by Crippen LogP contribution is 2.07. The summed E-state index contributed by atoms with van der Waals surface area (Å²) in [5.74, 6) is -0.429. The van der Waals surface area contributed by atoms with Crippen LogP contribution in [0, 0.1) is 5.92 Å². The quantitative estimate of drug-likeness (QED) is 0.759. The van der Waals surface area contributed by atoms with Crippen molar-refractivity contribution in [1.29, 1.82) is 0 Å². The average Bonchev–Trinajstić information content (AvgIpc) is 2.34. The van der Waals surface area contributed by atoms with Crippen LogP contribution in [0.25, 0.3) is 0 Å². The molecule has 1 rings (SSSR count). The van der Waals surface area contributed by atoms with Crippen LogP contribution in [-0.2, 0) is 11.3 Å². The molecule has 0 heterocycles. The van der Waals surface area contributed by atoms with Crippen LogP contribution >= 0.6 is 12.2 Å². The zero-order valence-electron chi connectivity index (χ0n) is 9.98. The zero-order chi connectivity index (χ0) is 12.7. The van der Waals surface area contributed by atoms with Gasteiger partial charge in [0.2, 0.25) is 5.91 Å². The Morgan fingerprint density at radius 2 is 2.06 bits per heavy atom. The van der Waals surface area contributed by atoms with E-state index in [4.69, 9.17) is 18.0 Å². The van der Waals surface area contributed by atoms with Gasteiger partial charge in [-0.05, 0) is 12.0 Å². The highest BCUT2D eigenvalue weighted by atomic mass is 32.1. The molecule has 1 aromatic carbocycles. The Morgan fingerprint density at radius 3 is 2.59 bits per heavy atom. The maximum atomic E-state index is 11.9. The number of rotatable bonds is 6. The number of benzene rings is 1. The van der Waals surface area contributed by atoms with Crippen molar-refractivity contribution < 1.29 is 4.79 Å². The van der Waals surface area contributed by atoms with Crippen molar-refractivity contribution in [3.8, 4) is 0 Å². The molecule has 0 saturated heterocycles. The van der Waals surface area contributed by atoms with E-state index in [2.05, 4.69) is 5.32 Å². The number of hydrogen-bond donors (Lipinski definition) is 2. The van der Waals surface area contributed by atoms with Crippen molar-refractivity contribution in [3.05, 3.63) is 35.9 Å². The third kappa shape index (κ3) is 4.53. The molecular formula is C13H18N2OS. The SMILES string of the molecule is CCCC(C(=O)NCc1ccccc1)C(N)=S. The van der Waals surface area contributed by atoms with Crippen molar-refractivity contribution >= 4 is 23.1 Å². The molecule has 0 radical (unpaired) electrons. The number of amides is 1. The minimum Gasteiger partial charge on any atom is -0.393 e. The van der Waals surface area contributed by atoms with E-state index in [0.717, 1.165) is 12.0 Å². The molecule has 1 amide bonds. The second-order valence-corrected chi connectivity index (χ2v) is 4.42. The van der Waals surface area contributed by atoms with Crippen molar-refractivity contribution in [2.75, 3.05) is 0 Å². The van der Waals surface area contributed by atoms with Crippen LogP contribution in [-0.4, -0.2) is 10.9 Å². The summed E-state index contributed by atoms with van der Waals surface area (Å²) in [4.78, 5) is 12.1. The van der Waals surface area contributed by atoms with E-state index < -0.39 is 0 Å². The molecule has 0 aliphatic carbocycles. The van der Waals surface area contributed by atoms with E-state index in [1.165, 1.54) is 0 Å². The molecule has 0 aromatic heterocycles. The van der Waals surface area contributed by atoms with Crippen LogP contribution in [0.3, 0.4) is 0 Å². The molecule has 1 aromatic rings. The lowest BCUT2D eigenvalue weighted by atomic mass is 10.0. The Hall–Kier alpha value is -1.42. The smallest absolute Gasteiger partial charge is 0.230 e. The van der Waals surface area contributed by atoms with E-state index in [1.54, 1.807) is 0 Å². The molecule has 0 aliphatic rings. The molecule has 92 valence electrons. The molecule has 3 nitrogen and oxygen atoms in total. The normalized spacial score (nSPS) is 11.8. The second-order valence-electron chi connectivity index (χ2n) is 3.95. The lowest BCUT2D eigenvalue weighted by Gasteiger charge is -2.14. The van der Waals surface area contributed by atoms with Gasteiger partial charge in [0.1, 0.15) is 0 Å². The fourth-order valence-corrected chi connectivity index (χ4v) is 1.82. The Balaban J connectivity index is 2.50. The van der Waals surface area contributed by atoms with Crippen LogP contribution in [0.2, 0.25) is 0 Å². The first-order chi connectivity index (χ1) is 8.15. The van der Waals surface area contributed by atoms with E-state index in [-0.39, 0.29) is 16.8 Å². The van der Waals surface area contributed by atoms with Gasteiger partial charge in [0, 0.05) is 6.54 Å². The largest absolute Gasteiger partial charge is 0.393 e. The molecule has 0 fully saturated rings. The van der Waals surface area contributed by atoms with Gasteiger partial charge in [0.25, 0.3) is 0 Å². The minimum absolute atomic E-state index is 0.0804. The summed E-state index contributed by atoms with van der Waals surface area (Å²) in [7, 11) is 0. The fourth-order valence-electron chi connectivity index (χ4n) is 1.60. The van der Waals surface area contributed by atoms with E-state index in [9.17, 15) is 4.79 Å². The van der Waals surface area contributed by atoms with Crippen LogP contribution in [0.4, 0.5) is 0 Å². The number of nitrogens with two attached hydrogens (primary N) is 1. The van der Waals surface area contributed by atoms with Crippen molar-refractivity contribution in [2.24, 2.45) is 11.7 Å². The first-order valence-corrected chi connectivity index (χ1v) is 6.17. The molecule has 17 heavy (non-hydrogen) atoms. The van der Waals surface area contributed by atoms with E-state index in [1.807, 2.05) is 37.3 Å². The summed E-state index contributed by atoms with van der Waals surface area (Å²) < 4.78 is 0. The molecule has 4 heteroatoms. The number of thiocarbonyl (C=S) groups is 1. The molecule has 0 saturated carbocycles. The highest BCUT2D eigenvalue weighted by molar-refractivity contribution is 7.80. The van der Waals surface area contributed by atoms with Crippen LogP contribution < -0.4 is 11.1 Å². The first-order valence-electron chi connectivity index (χ1n) is 5.76. The number of nitrogens with one attached hydrogen (secondary N) is 1. The Kier molecular flexibility index (Phi) is 5.63. The number of carbonyl (C=O) groups excluding carboxylic acids is 1. The van der Waals surface area contributed by atoms with Crippen LogP contribution in [0.5, 0.6) is 0 Å². The van der Waals surface area contributed by atoms with Crippen LogP contribution in [0.15, 0.2) is 30.3 Å². The maximum absolute atomic E-state index is 11.9. The summed E-state index contributed by atoms with van der Waals surface area (Å²) in [5, 5.41) is 2.86. The van der Waals surface area contributed by atoms with Gasteiger partial charge in [-0.2, -0.15) is 0 Å². The average molecular weight is 250 g/mol.